The van der Waals surface area contributed by atoms with E-state index in [-0.39, 0.29) is 5.88 Å². The van der Waals surface area contributed by atoms with Gasteiger partial charge in [0.2, 0.25) is 11.8 Å². The van der Waals surface area contributed by atoms with Crippen LogP contribution < -0.4 is 5.32 Å². The lowest BCUT2D eigenvalue weighted by atomic mass is 9.87. The molecule has 27 heavy (non-hydrogen) atoms. The second-order valence-electron chi connectivity index (χ2n) is 7.67. The summed E-state index contributed by atoms with van der Waals surface area (Å²) in [4.78, 5) is 16.7. The lowest BCUT2D eigenvalue weighted by molar-refractivity contribution is -0.118. The summed E-state index contributed by atoms with van der Waals surface area (Å²) in [5.41, 5.74) is -0.108. The molecule has 2 aromatic heterocycles. The van der Waals surface area contributed by atoms with Crippen molar-refractivity contribution in [3.8, 4) is 0 Å². The molecule has 0 aliphatic heterocycles. The highest BCUT2D eigenvalue weighted by atomic mass is 32.2. The first kappa shape index (κ1) is 21.1. The van der Waals surface area contributed by atoms with E-state index in [0.29, 0.717) is 23.8 Å². The van der Waals surface area contributed by atoms with Gasteiger partial charge in [0.1, 0.15) is 10.5 Å². The molecule has 0 spiro atoms. The van der Waals surface area contributed by atoms with Crippen LogP contribution in [0.4, 0.5) is 5.88 Å². The molecule has 0 aromatic carbocycles. The van der Waals surface area contributed by atoms with Crippen LogP contribution in [0, 0.1) is 6.92 Å². The highest BCUT2D eigenvalue weighted by molar-refractivity contribution is 7.94. The Morgan fingerprint density at radius 1 is 1.30 bits per heavy atom. The van der Waals surface area contributed by atoms with Crippen LogP contribution in [0.3, 0.4) is 0 Å². The number of rotatable bonds is 7. The smallest absolute Gasteiger partial charge is 0.247 e. The van der Waals surface area contributed by atoms with Crippen molar-refractivity contribution in [2.45, 2.75) is 70.3 Å². The SMILES string of the molecule is CC[C@H](C)S(=O)(=O)C(C)(C)C(=O)Nc1cc(C(C)(C)c2cnc(C)o2)no1. The van der Waals surface area contributed by atoms with Gasteiger partial charge in [0.25, 0.3) is 0 Å². The van der Waals surface area contributed by atoms with Crippen LogP contribution in [-0.2, 0) is 20.0 Å². The predicted octanol–water partition coefficient (Wildman–Crippen LogP) is 3.23. The van der Waals surface area contributed by atoms with Crippen LogP contribution in [0.1, 0.15) is 65.3 Å². The van der Waals surface area contributed by atoms with E-state index < -0.39 is 31.2 Å². The summed E-state index contributed by atoms with van der Waals surface area (Å²) in [5.74, 6) is 0.545. The third kappa shape index (κ3) is 3.78. The Morgan fingerprint density at radius 2 is 1.93 bits per heavy atom. The number of aryl methyl sites for hydroxylation is 1. The summed E-state index contributed by atoms with van der Waals surface area (Å²) >= 11 is 0. The number of nitrogens with one attached hydrogen (secondary N) is 1. The molecular formula is C18H27N3O5S. The van der Waals surface area contributed by atoms with E-state index in [1.54, 1.807) is 33.0 Å². The number of amides is 1. The first-order valence-electron chi connectivity index (χ1n) is 8.79. The summed E-state index contributed by atoms with van der Waals surface area (Å²) in [5, 5.41) is 5.89. The zero-order chi connectivity index (χ0) is 20.6. The fourth-order valence-electron chi connectivity index (χ4n) is 2.52. The van der Waals surface area contributed by atoms with Crippen molar-refractivity contribution >= 4 is 21.6 Å². The Morgan fingerprint density at radius 3 is 2.44 bits per heavy atom. The van der Waals surface area contributed by atoms with Gasteiger partial charge >= 0.3 is 0 Å². The fraction of sp³-hybridized carbons (Fsp3) is 0.611. The number of carbonyl (C=O) groups excluding carboxylic acids is 1. The molecule has 1 amide bonds. The van der Waals surface area contributed by atoms with Crippen molar-refractivity contribution < 1.29 is 22.2 Å². The molecule has 2 heterocycles. The first-order valence-corrected chi connectivity index (χ1v) is 10.3. The third-order valence-corrected chi connectivity index (χ3v) is 7.99. The van der Waals surface area contributed by atoms with Crippen LogP contribution >= 0.6 is 0 Å². The highest BCUT2D eigenvalue weighted by Crippen LogP contribution is 2.33. The summed E-state index contributed by atoms with van der Waals surface area (Å²) in [6.07, 6.45) is 2.04. The van der Waals surface area contributed by atoms with Gasteiger partial charge in [-0.15, -0.1) is 0 Å². The average molecular weight is 397 g/mol. The van der Waals surface area contributed by atoms with Crippen LogP contribution in [-0.4, -0.2) is 34.5 Å². The molecule has 0 radical (unpaired) electrons. The minimum absolute atomic E-state index is 0.0757. The summed E-state index contributed by atoms with van der Waals surface area (Å²) < 4.78 is 34.5. The van der Waals surface area contributed by atoms with Gasteiger partial charge in [-0.3, -0.25) is 10.1 Å². The van der Waals surface area contributed by atoms with Crippen LogP contribution in [0.15, 0.2) is 21.2 Å². The van der Waals surface area contributed by atoms with Crippen molar-refractivity contribution in [3.63, 3.8) is 0 Å². The van der Waals surface area contributed by atoms with Gasteiger partial charge in [-0.05, 0) is 41.0 Å². The third-order valence-electron chi connectivity index (χ3n) is 4.99. The first-order chi connectivity index (χ1) is 12.3. The van der Waals surface area contributed by atoms with E-state index in [9.17, 15) is 13.2 Å². The molecule has 0 unspecified atom stereocenters. The quantitative estimate of drug-likeness (QED) is 0.762. The van der Waals surface area contributed by atoms with Crippen molar-refractivity contribution in [2.75, 3.05) is 5.32 Å². The molecule has 0 saturated heterocycles. The molecular weight excluding hydrogens is 370 g/mol. The minimum atomic E-state index is -3.67. The lowest BCUT2D eigenvalue weighted by Gasteiger charge is -2.26. The summed E-state index contributed by atoms with van der Waals surface area (Å²) in [7, 11) is -3.67. The lowest BCUT2D eigenvalue weighted by Crippen LogP contribution is -2.48. The Labute approximate surface area is 159 Å². The molecule has 0 saturated carbocycles. The van der Waals surface area contributed by atoms with E-state index >= 15 is 0 Å². The van der Waals surface area contributed by atoms with Gasteiger partial charge in [0, 0.05) is 13.0 Å². The number of oxazole rings is 1. The van der Waals surface area contributed by atoms with E-state index in [4.69, 9.17) is 8.94 Å². The Kier molecular flexibility index (Phi) is 5.56. The molecule has 8 nitrogen and oxygen atoms in total. The number of aromatic nitrogens is 2. The van der Waals surface area contributed by atoms with E-state index in [2.05, 4.69) is 15.5 Å². The number of carbonyl (C=O) groups is 1. The van der Waals surface area contributed by atoms with Gasteiger partial charge in [-0.2, -0.15) is 0 Å². The van der Waals surface area contributed by atoms with Gasteiger partial charge in [-0.25, -0.2) is 13.4 Å². The maximum atomic E-state index is 12.6. The monoisotopic (exact) mass is 397 g/mol. The molecule has 1 atom stereocenters. The number of nitrogens with zero attached hydrogens (tertiary/aromatic N) is 2. The maximum absolute atomic E-state index is 12.6. The van der Waals surface area contributed by atoms with E-state index in [1.165, 1.54) is 13.8 Å². The molecule has 9 heteroatoms. The molecule has 1 N–H and O–H groups in total. The Hall–Kier alpha value is -2.16. The number of hydrogen-bond donors (Lipinski definition) is 1. The number of anilines is 1. The zero-order valence-electron chi connectivity index (χ0n) is 16.8. The summed E-state index contributed by atoms with van der Waals surface area (Å²) in [6.45, 7) is 11.7. The van der Waals surface area contributed by atoms with Crippen molar-refractivity contribution in [1.82, 2.24) is 10.1 Å². The fourth-order valence-corrected chi connectivity index (χ4v) is 4.27. The van der Waals surface area contributed by atoms with Crippen molar-refractivity contribution in [3.05, 3.63) is 29.6 Å². The van der Waals surface area contributed by atoms with Crippen LogP contribution in [0.5, 0.6) is 0 Å². The minimum Gasteiger partial charge on any atom is -0.445 e. The second-order valence-corrected chi connectivity index (χ2v) is 10.6. The molecule has 0 aliphatic rings. The zero-order valence-corrected chi connectivity index (χ0v) is 17.6. The van der Waals surface area contributed by atoms with E-state index in [1.807, 2.05) is 13.8 Å². The highest BCUT2D eigenvalue weighted by Gasteiger charge is 2.44. The van der Waals surface area contributed by atoms with Crippen LogP contribution in [0.2, 0.25) is 0 Å². The number of sulfone groups is 1. The second kappa shape index (κ2) is 7.10. The average Bonchev–Trinajstić information content (AvgIpc) is 3.23. The number of hydrogen-bond acceptors (Lipinski definition) is 7. The molecule has 2 rings (SSSR count). The Balaban J connectivity index is 2.24. The van der Waals surface area contributed by atoms with Crippen LogP contribution in [0.25, 0.3) is 0 Å². The largest absolute Gasteiger partial charge is 0.445 e. The standard InChI is InChI=1S/C18H27N3O5S/c1-8-11(2)27(23,24)18(6,7)16(22)20-15-9-13(21-26-15)17(4,5)14-10-19-12(3)25-14/h9-11H,8H2,1-7H3,(H,20,22)/t11-/m0/s1. The van der Waals surface area contributed by atoms with Gasteiger partial charge in [-0.1, -0.05) is 12.1 Å². The van der Waals surface area contributed by atoms with Gasteiger partial charge < -0.3 is 8.94 Å². The summed E-state index contributed by atoms with van der Waals surface area (Å²) in [6, 6.07) is 1.56. The molecule has 150 valence electrons. The molecule has 0 aliphatic carbocycles. The van der Waals surface area contributed by atoms with Gasteiger partial charge in [0.15, 0.2) is 15.7 Å². The maximum Gasteiger partial charge on any atom is 0.247 e. The van der Waals surface area contributed by atoms with Crippen molar-refractivity contribution in [1.29, 1.82) is 0 Å². The normalized spacial score (nSPS) is 14.2. The molecule has 0 fully saturated rings. The topological polar surface area (TPSA) is 115 Å². The van der Waals surface area contributed by atoms with Gasteiger partial charge in [0.05, 0.1) is 22.6 Å². The molecule has 2 aromatic rings. The predicted molar refractivity (Wildman–Crippen MR) is 101 cm³/mol. The Bertz CT molecular complexity index is 924. The van der Waals surface area contributed by atoms with E-state index in [0.717, 1.165) is 0 Å². The molecule has 0 bridgehead atoms. The van der Waals surface area contributed by atoms with Crippen molar-refractivity contribution in [2.24, 2.45) is 0 Å².